The summed E-state index contributed by atoms with van der Waals surface area (Å²) in [5, 5.41) is 3.53. The molecule has 0 saturated carbocycles. The molecule has 5 heteroatoms. The molecular weight excluding hydrogens is 278 g/mol. The van der Waals surface area contributed by atoms with E-state index in [0.29, 0.717) is 11.8 Å². The Balaban J connectivity index is 4.13. The van der Waals surface area contributed by atoms with Gasteiger partial charge in [0.05, 0.1) is 5.75 Å². The Morgan fingerprint density at radius 1 is 1.21 bits per heavy atom. The van der Waals surface area contributed by atoms with Gasteiger partial charge in [0, 0.05) is 22.3 Å². The lowest BCUT2D eigenvalue weighted by atomic mass is 10.2. The van der Waals surface area contributed by atoms with Crippen LogP contribution in [0.5, 0.6) is 0 Å². The molecule has 0 aromatic heterocycles. The van der Waals surface area contributed by atoms with Crippen LogP contribution in [-0.2, 0) is 9.84 Å². The molecule has 19 heavy (non-hydrogen) atoms. The maximum atomic E-state index is 11.5. The molecule has 0 spiro atoms. The summed E-state index contributed by atoms with van der Waals surface area (Å²) in [7, 11) is -2.81. The summed E-state index contributed by atoms with van der Waals surface area (Å²) in [5.74, 6) is 1.64. The van der Waals surface area contributed by atoms with Crippen LogP contribution in [0.4, 0.5) is 0 Å². The third kappa shape index (κ3) is 11.8. The van der Waals surface area contributed by atoms with E-state index in [1.54, 1.807) is 6.92 Å². The first-order valence-corrected chi connectivity index (χ1v) is 10.1. The molecule has 0 radical (unpaired) electrons. The Kier molecular flexibility index (Phi) is 9.37. The number of nitrogens with one attached hydrogen (secondary N) is 1. The van der Waals surface area contributed by atoms with Crippen molar-refractivity contribution in [2.45, 2.75) is 64.7 Å². The second kappa shape index (κ2) is 9.24. The van der Waals surface area contributed by atoms with Crippen LogP contribution in [0.25, 0.3) is 0 Å². The average molecular weight is 310 g/mol. The van der Waals surface area contributed by atoms with Crippen LogP contribution in [0.2, 0.25) is 0 Å². The lowest BCUT2D eigenvalue weighted by molar-refractivity contribution is 0.510. The van der Waals surface area contributed by atoms with Gasteiger partial charge >= 0.3 is 0 Å². The molecule has 1 N–H and O–H groups in total. The summed E-state index contributed by atoms with van der Waals surface area (Å²) in [6.45, 7) is 11.5. The van der Waals surface area contributed by atoms with Crippen molar-refractivity contribution in [2.75, 3.05) is 23.8 Å². The molecule has 0 aliphatic rings. The highest BCUT2D eigenvalue weighted by Crippen LogP contribution is 2.24. The molecular formula is C14H31NO2S2. The largest absolute Gasteiger partial charge is 0.313 e. The normalized spacial score (nSPS) is 14.6. The van der Waals surface area contributed by atoms with Crippen LogP contribution in [0.1, 0.15) is 53.9 Å². The minimum absolute atomic E-state index is 0.261. The van der Waals surface area contributed by atoms with Crippen molar-refractivity contribution in [2.24, 2.45) is 0 Å². The molecule has 0 bridgehead atoms. The molecule has 0 aliphatic heterocycles. The Bertz CT molecular complexity index is 321. The number of hydrogen-bond donors (Lipinski definition) is 1. The standard InChI is InChI=1S/C14H31NO2S2/c1-6-10-15-13(12-18-14(3,4)5)9-8-11-19(16,17)7-2/h13,15H,6-12H2,1-5H3. The van der Waals surface area contributed by atoms with E-state index >= 15 is 0 Å². The van der Waals surface area contributed by atoms with E-state index in [4.69, 9.17) is 0 Å². The number of sulfone groups is 1. The van der Waals surface area contributed by atoms with Crippen molar-refractivity contribution < 1.29 is 8.42 Å². The van der Waals surface area contributed by atoms with E-state index in [1.807, 2.05) is 11.8 Å². The van der Waals surface area contributed by atoms with Crippen LogP contribution >= 0.6 is 11.8 Å². The zero-order valence-electron chi connectivity index (χ0n) is 13.2. The molecule has 0 saturated heterocycles. The van der Waals surface area contributed by atoms with Gasteiger partial charge in [-0.25, -0.2) is 8.42 Å². The molecule has 1 atom stereocenters. The third-order valence-electron chi connectivity index (χ3n) is 2.85. The highest BCUT2D eigenvalue weighted by atomic mass is 32.2. The van der Waals surface area contributed by atoms with Gasteiger partial charge in [-0.2, -0.15) is 11.8 Å². The van der Waals surface area contributed by atoms with E-state index in [2.05, 4.69) is 33.0 Å². The van der Waals surface area contributed by atoms with Crippen molar-refractivity contribution in [3.8, 4) is 0 Å². The monoisotopic (exact) mass is 309 g/mol. The van der Waals surface area contributed by atoms with E-state index in [1.165, 1.54) is 0 Å². The van der Waals surface area contributed by atoms with Crippen molar-refractivity contribution in [3.63, 3.8) is 0 Å². The van der Waals surface area contributed by atoms with Gasteiger partial charge in [-0.15, -0.1) is 0 Å². The van der Waals surface area contributed by atoms with Crippen LogP contribution in [0.15, 0.2) is 0 Å². The second-order valence-corrected chi connectivity index (χ2v) is 10.3. The molecule has 0 amide bonds. The Morgan fingerprint density at radius 2 is 1.84 bits per heavy atom. The summed E-state index contributed by atoms with van der Waals surface area (Å²) < 4.78 is 23.2. The molecule has 3 nitrogen and oxygen atoms in total. The highest BCUT2D eigenvalue weighted by molar-refractivity contribution is 8.00. The highest BCUT2D eigenvalue weighted by Gasteiger charge is 2.16. The Morgan fingerprint density at radius 3 is 2.32 bits per heavy atom. The quantitative estimate of drug-likeness (QED) is 0.673. The van der Waals surface area contributed by atoms with Crippen LogP contribution in [-0.4, -0.2) is 43.0 Å². The molecule has 116 valence electrons. The average Bonchev–Trinajstić information content (AvgIpc) is 2.30. The topological polar surface area (TPSA) is 46.2 Å². The van der Waals surface area contributed by atoms with Crippen molar-refractivity contribution in [1.29, 1.82) is 0 Å². The van der Waals surface area contributed by atoms with Crippen molar-refractivity contribution >= 4 is 21.6 Å². The fourth-order valence-corrected chi connectivity index (χ4v) is 3.52. The van der Waals surface area contributed by atoms with Crippen LogP contribution in [0, 0.1) is 0 Å². The fourth-order valence-electron chi connectivity index (χ4n) is 1.64. The predicted octanol–water partition coefficient (Wildman–Crippen LogP) is 3.10. The summed E-state index contributed by atoms with van der Waals surface area (Å²) in [6.07, 6.45) is 2.83. The van der Waals surface area contributed by atoms with Gasteiger partial charge in [0.25, 0.3) is 0 Å². The summed E-state index contributed by atoms with van der Waals surface area (Å²) >= 11 is 1.94. The molecule has 0 rings (SSSR count). The number of hydrogen-bond acceptors (Lipinski definition) is 4. The zero-order chi connectivity index (χ0) is 14.9. The zero-order valence-corrected chi connectivity index (χ0v) is 14.8. The van der Waals surface area contributed by atoms with Gasteiger partial charge in [0.15, 0.2) is 0 Å². The maximum Gasteiger partial charge on any atom is 0.150 e. The molecule has 0 aromatic rings. The van der Waals surface area contributed by atoms with E-state index in [-0.39, 0.29) is 10.5 Å². The Labute approximate surface area is 124 Å². The predicted molar refractivity (Wildman–Crippen MR) is 87.9 cm³/mol. The van der Waals surface area contributed by atoms with E-state index < -0.39 is 9.84 Å². The summed E-state index contributed by atoms with van der Waals surface area (Å²) in [6, 6.07) is 0.427. The molecule has 0 aliphatic carbocycles. The SMILES string of the molecule is CCCNC(CCCS(=O)(=O)CC)CSC(C)(C)C. The Hall–Kier alpha value is 0.260. The first kappa shape index (κ1) is 19.3. The molecule has 1 unspecified atom stereocenters. The third-order valence-corrected chi connectivity index (χ3v) is 6.07. The van der Waals surface area contributed by atoms with Crippen molar-refractivity contribution in [1.82, 2.24) is 5.32 Å². The first-order valence-electron chi connectivity index (χ1n) is 7.28. The van der Waals surface area contributed by atoms with Gasteiger partial charge in [-0.1, -0.05) is 34.6 Å². The maximum absolute atomic E-state index is 11.5. The lowest BCUT2D eigenvalue weighted by Gasteiger charge is -2.24. The van der Waals surface area contributed by atoms with Crippen LogP contribution in [0.3, 0.4) is 0 Å². The minimum atomic E-state index is -2.81. The fraction of sp³-hybridized carbons (Fsp3) is 1.00. The second-order valence-electron chi connectivity index (χ2n) is 5.95. The van der Waals surface area contributed by atoms with Crippen LogP contribution < -0.4 is 5.32 Å². The van der Waals surface area contributed by atoms with E-state index in [0.717, 1.165) is 31.6 Å². The van der Waals surface area contributed by atoms with Gasteiger partial charge < -0.3 is 5.32 Å². The number of thioether (sulfide) groups is 1. The summed E-state index contributed by atoms with van der Waals surface area (Å²) in [5.41, 5.74) is 0. The number of rotatable bonds is 10. The van der Waals surface area contributed by atoms with Gasteiger partial charge in [-0.05, 0) is 25.8 Å². The van der Waals surface area contributed by atoms with Gasteiger partial charge in [0.2, 0.25) is 0 Å². The minimum Gasteiger partial charge on any atom is -0.313 e. The molecule has 0 aromatic carbocycles. The van der Waals surface area contributed by atoms with Gasteiger partial charge in [-0.3, -0.25) is 0 Å². The molecule has 0 heterocycles. The summed E-state index contributed by atoms with van der Waals surface area (Å²) in [4.78, 5) is 0. The van der Waals surface area contributed by atoms with Gasteiger partial charge in [0.1, 0.15) is 9.84 Å². The lowest BCUT2D eigenvalue weighted by Crippen LogP contribution is -2.33. The molecule has 0 fully saturated rings. The smallest absolute Gasteiger partial charge is 0.150 e. The van der Waals surface area contributed by atoms with Crippen molar-refractivity contribution in [3.05, 3.63) is 0 Å². The van der Waals surface area contributed by atoms with E-state index in [9.17, 15) is 8.42 Å². The first-order chi connectivity index (χ1) is 8.70.